The zero-order valence-electron chi connectivity index (χ0n) is 21.1. The summed E-state index contributed by atoms with van der Waals surface area (Å²) in [5.74, 6) is -0.204. The van der Waals surface area contributed by atoms with Gasteiger partial charge in [-0.1, -0.05) is 65.9 Å². The number of nitrogens with zero attached hydrogens (tertiary/aromatic N) is 1. The van der Waals surface area contributed by atoms with E-state index >= 15 is 0 Å². The maximum Gasteiger partial charge on any atom is 0.256 e. The normalized spacial score (nSPS) is 12.0. The summed E-state index contributed by atoms with van der Waals surface area (Å²) in [6.07, 6.45) is 0. The molecule has 0 radical (unpaired) electrons. The molecule has 5 aromatic rings. The first-order valence-electron chi connectivity index (χ1n) is 12.0. The molecule has 4 aromatic carbocycles. The average Bonchev–Trinajstić information content (AvgIpc) is 3.27. The molecule has 0 aliphatic rings. The number of rotatable bonds is 6. The van der Waals surface area contributed by atoms with Gasteiger partial charge < -0.3 is 10.6 Å². The van der Waals surface area contributed by atoms with Crippen molar-refractivity contribution in [3.8, 4) is 0 Å². The molecule has 1 aromatic heterocycles. The fourth-order valence-electron chi connectivity index (χ4n) is 4.46. The highest BCUT2D eigenvalue weighted by atomic mass is 32.2. The smallest absolute Gasteiger partial charge is 0.256 e. The van der Waals surface area contributed by atoms with E-state index in [2.05, 4.69) is 29.7 Å². The Bertz CT molecular complexity index is 1630. The third-order valence-electron chi connectivity index (χ3n) is 6.23. The van der Waals surface area contributed by atoms with Crippen molar-refractivity contribution < 1.29 is 9.59 Å². The minimum absolute atomic E-state index is 0.0534. The van der Waals surface area contributed by atoms with Crippen LogP contribution in [-0.2, 0) is 4.79 Å². The second kappa shape index (κ2) is 10.4. The standard InChI is InChI=1S/C30H27N3O2S2/c1-17-14-18(2)27(19(3)15-17)33-28(34)20(4)36-30-32-25-13-12-22(16-26(25)37-30)31-29(35)24-11-7-9-21-8-5-6-10-23(21)24/h5-16,20H,1-4H3,(H,31,35)(H,33,34)/t20-/m0/s1. The van der Waals surface area contributed by atoms with E-state index in [-0.39, 0.29) is 17.1 Å². The lowest BCUT2D eigenvalue weighted by Crippen LogP contribution is -2.23. The van der Waals surface area contributed by atoms with Crippen molar-refractivity contribution in [1.82, 2.24) is 4.98 Å². The molecule has 0 bridgehead atoms. The van der Waals surface area contributed by atoms with Gasteiger partial charge in [0.2, 0.25) is 5.91 Å². The molecule has 37 heavy (non-hydrogen) atoms. The molecule has 0 aliphatic heterocycles. The van der Waals surface area contributed by atoms with Crippen LogP contribution in [0.4, 0.5) is 11.4 Å². The number of benzene rings is 4. The number of aromatic nitrogens is 1. The molecule has 1 heterocycles. The predicted octanol–water partition coefficient (Wildman–Crippen LogP) is 7.75. The Hall–Kier alpha value is -3.68. The summed E-state index contributed by atoms with van der Waals surface area (Å²) in [5, 5.41) is 7.74. The quantitative estimate of drug-likeness (QED) is 0.222. The van der Waals surface area contributed by atoms with Crippen LogP contribution in [0.25, 0.3) is 21.0 Å². The molecule has 5 rings (SSSR count). The number of aryl methyl sites for hydroxylation is 3. The number of amides is 2. The van der Waals surface area contributed by atoms with Gasteiger partial charge in [0.15, 0.2) is 4.34 Å². The van der Waals surface area contributed by atoms with Gasteiger partial charge in [-0.3, -0.25) is 9.59 Å². The largest absolute Gasteiger partial charge is 0.325 e. The van der Waals surface area contributed by atoms with Gasteiger partial charge >= 0.3 is 0 Å². The lowest BCUT2D eigenvalue weighted by molar-refractivity contribution is -0.115. The van der Waals surface area contributed by atoms with Crippen LogP contribution in [0.15, 0.2) is 77.1 Å². The second-order valence-electron chi connectivity index (χ2n) is 9.17. The molecular weight excluding hydrogens is 498 g/mol. The van der Waals surface area contributed by atoms with Crippen LogP contribution in [0.5, 0.6) is 0 Å². The van der Waals surface area contributed by atoms with Gasteiger partial charge in [0.1, 0.15) is 0 Å². The first-order chi connectivity index (χ1) is 17.8. The highest BCUT2D eigenvalue weighted by Crippen LogP contribution is 2.34. The van der Waals surface area contributed by atoms with Gasteiger partial charge in [-0.15, -0.1) is 11.3 Å². The molecule has 0 aliphatic carbocycles. The van der Waals surface area contributed by atoms with Crippen LogP contribution in [0.1, 0.15) is 34.0 Å². The summed E-state index contributed by atoms with van der Waals surface area (Å²) in [7, 11) is 0. The Kier molecular flexibility index (Phi) is 7.00. The number of hydrogen-bond donors (Lipinski definition) is 2. The Morgan fingerprint density at radius 1 is 0.892 bits per heavy atom. The molecule has 0 spiro atoms. The number of carbonyl (C=O) groups excluding carboxylic acids is 2. The topological polar surface area (TPSA) is 71.1 Å². The monoisotopic (exact) mass is 525 g/mol. The molecular formula is C30H27N3O2S2. The van der Waals surface area contributed by atoms with E-state index in [0.29, 0.717) is 11.3 Å². The van der Waals surface area contributed by atoms with E-state index in [4.69, 9.17) is 4.98 Å². The van der Waals surface area contributed by atoms with Crippen LogP contribution in [0.3, 0.4) is 0 Å². The van der Waals surface area contributed by atoms with Crippen LogP contribution >= 0.6 is 23.1 Å². The first-order valence-corrected chi connectivity index (χ1v) is 13.7. The molecule has 0 saturated heterocycles. The predicted molar refractivity (Wildman–Crippen MR) is 156 cm³/mol. The zero-order valence-corrected chi connectivity index (χ0v) is 22.7. The van der Waals surface area contributed by atoms with Crippen molar-refractivity contribution in [3.05, 3.63) is 95.1 Å². The fourth-order valence-corrected chi connectivity index (χ4v) is 6.71. The highest BCUT2D eigenvalue weighted by Gasteiger charge is 2.19. The maximum atomic E-state index is 13.0. The molecule has 7 heteroatoms. The molecule has 0 fully saturated rings. The number of carbonyl (C=O) groups is 2. The van der Waals surface area contributed by atoms with Crippen LogP contribution in [0.2, 0.25) is 0 Å². The average molecular weight is 526 g/mol. The second-order valence-corrected chi connectivity index (χ2v) is 11.8. The Labute approximate surface area is 224 Å². The lowest BCUT2D eigenvalue weighted by Gasteiger charge is -2.15. The summed E-state index contributed by atoms with van der Waals surface area (Å²) >= 11 is 2.96. The van der Waals surface area contributed by atoms with Crippen LogP contribution in [0, 0.1) is 20.8 Å². The Morgan fingerprint density at radius 2 is 1.62 bits per heavy atom. The van der Waals surface area contributed by atoms with E-state index in [0.717, 1.165) is 42.1 Å². The summed E-state index contributed by atoms with van der Waals surface area (Å²) in [4.78, 5) is 30.7. The van der Waals surface area contributed by atoms with Crippen molar-refractivity contribution in [1.29, 1.82) is 0 Å². The summed E-state index contributed by atoms with van der Waals surface area (Å²) in [6, 6.07) is 23.4. The van der Waals surface area contributed by atoms with E-state index < -0.39 is 0 Å². The van der Waals surface area contributed by atoms with E-state index in [1.807, 2.05) is 81.4 Å². The number of anilines is 2. The van der Waals surface area contributed by atoms with E-state index in [9.17, 15) is 9.59 Å². The first kappa shape index (κ1) is 25.0. The van der Waals surface area contributed by atoms with Gasteiger partial charge in [0.05, 0.1) is 15.5 Å². The number of fused-ring (bicyclic) bond motifs is 2. The SMILES string of the molecule is Cc1cc(C)c(NC(=O)[C@H](C)Sc2nc3ccc(NC(=O)c4cccc5ccccc45)cc3s2)c(C)c1. The van der Waals surface area contributed by atoms with Crippen LogP contribution in [-0.4, -0.2) is 22.0 Å². The van der Waals surface area contributed by atoms with E-state index in [1.54, 1.807) is 0 Å². The van der Waals surface area contributed by atoms with Gasteiger partial charge in [-0.25, -0.2) is 4.98 Å². The third-order valence-corrected chi connectivity index (χ3v) is 8.45. The molecule has 1 atom stereocenters. The summed E-state index contributed by atoms with van der Waals surface area (Å²) < 4.78 is 1.77. The summed E-state index contributed by atoms with van der Waals surface area (Å²) in [5.41, 5.74) is 6.35. The van der Waals surface area contributed by atoms with Gasteiger partial charge in [-0.05, 0) is 73.9 Å². The van der Waals surface area contributed by atoms with Crippen LogP contribution < -0.4 is 10.6 Å². The summed E-state index contributed by atoms with van der Waals surface area (Å²) in [6.45, 7) is 7.97. The molecule has 186 valence electrons. The third kappa shape index (κ3) is 5.38. The molecule has 2 amide bonds. The van der Waals surface area contributed by atoms with Crippen molar-refractivity contribution in [2.45, 2.75) is 37.3 Å². The van der Waals surface area contributed by atoms with Crippen molar-refractivity contribution in [3.63, 3.8) is 0 Å². The van der Waals surface area contributed by atoms with Crippen molar-refractivity contribution in [2.24, 2.45) is 0 Å². The molecule has 5 nitrogen and oxygen atoms in total. The minimum Gasteiger partial charge on any atom is -0.325 e. The molecule has 2 N–H and O–H groups in total. The number of thiazole rings is 1. The lowest BCUT2D eigenvalue weighted by atomic mass is 10.0. The van der Waals surface area contributed by atoms with Crippen molar-refractivity contribution in [2.75, 3.05) is 10.6 Å². The fraction of sp³-hybridized carbons (Fsp3) is 0.167. The number of nitrogens with one attached hydrogen (secondary N) is 2. The number of thioether (sulfide) groups is 1. The highest BCUT2D eigenvalue weighted by molar-refractivity contribution is 8.02. The number of hydrogen-bond acceptors (Lipinski definition) is 5. The minimum atomic E-state index is -0.314. The molecule has 0 saturated carbocycles. The zero-order chi connectivity index (χ0) is 26.1. The van der Waals surface area contributed by atoms with Gasteiger partial charge in [0.25, 0.3) is 5.91 Å². The maximum absolute atomic E-state index is 13.0. The Morgan fingerprint density at radius 3 is 2.41 bits per heavy atom. The van der Waals surface area contributed by atoms with Gasteiger partial charge in [-0.2, -0.15) is 0 Å². The van der Waals surface area contributed by atoms with Gasteiger partial charge in [0, 0.05) is 16.9 Å². The Balaban J connectivity index is 1.29. The molecule has 0 unspecified atom stereocenters. The van der Waals surface area contributed by atoms with E-state index in [1.165, 1.54) is 28.7 Å². The van der Waals surface area contributed by atoms with Crippen molar-refractivity contribution >= 4 is 67.3 Å².